The number of nitrogens with zero attached hydrogens (tertiary/aromatic N) is 1. The first-order valence-corrected chi connectivity index (χ1v) is 7.12. The summed E-state index contributed by atoms with van der Waals surface area (Å²) >= 11 is 0. The van der Waals surface area contributed by atoms with Gasteiger partial charge < -0.3 is 14.2 Å². The summed E-state index contributed by atoms with van der Waals surface area (Å²) in [6.07, 6.45) is -14.6. The van der Waals surface area contributed by atoms with Gasteiger partial charge >= 0.3 is 24.3 Å². The van der Waals surface area contributed by atoms with Gasteiger partial charge in [0.15, 0.2) is 18.1 Å². The topological polar surface area (TPSA) is 74.7 Å². The van der Waals surface area contributed by atoms with Crippen LogP contribution in [0, 0.1) is 0 Å². The first-order valence-electron chi connectivity index (χ1n) is 7.12. The SMILES string of the molecule is CCOC(=O)c1c(C(F)(F)F)nc(C(F)F)c(C(=O)OC)c1OCC(F)(F)F. The van der Waals surface area contributed by atoms with Crippen molar-refractivity contribution < 1.29 is 58.9 Å². The highest BCUT2D eigenvalue weighted by molar-refractivity contribution is 6.01. The summed E-state index contributed by atoms with van der Waals surface area (Å²) in [6.45, 7) is -1.67. The molecule has 158 valence electrons. The van der Waals surface area contributed by atoms with E-state index in [0.29, 0.717) is 7.11 Å². The number of rotatable bonds is 6. The van der Waals surface area contributed by atoms with Crippen molar-refractivity contribution in [2.75, 3.05) is 20.3 Å². The third-order valence-electron chi connectivity index (χ3n) is 2.90. The average molecular weight is 425 g/mol. The van der Waals surface area contributed by atoms with Crippen LogP contribution < -0.4 is 4.74 Å². The van der Waals surface area contributed by atoms with Crippen LogP contribution in [0.2, 0.25) is 0 Å². The lowest BCUT2D eigenvalue weighted by atomic mass is 10.0. The minimum absolute atomic E-state index is 0.529. The molecule has 0 aliphatic rings. The molecular weight excluding hydrogens is 414 g/mol. The monoisotopic (exact) mass is 425 g/mol. The lowest BCUT2D eigenvalue weighted by Crippen LogP contribution is -2.26. The molecule has 6 nitrogen and oxygen atoms in total. The molecule has 0 bridgehead atoms. The van der Waals surface area contributed by atoms with Crippen LogP contribution in [-0.4, -0.2) is 43.4 Å². The van der Waals surface area contributed by atoms with E-state index in [2.05, 4.69) is 19.2 Å². The van der Waals surface area contributed by atoms with Crippen LogP contribution >= 0.6 is 0 Å². The number of carbonyl (C=O) groups is 2. The zero-order chi connectivity index (χ0) is 21.9. The van der Waals surface area contributed by atoms with E-state index in [1.807, 2.05) is 0 Å². The molecule has 0 saturated carbocycles. The molecule has 0 unspecified atom stereocenters. The van der Waals surface area contributed by atoms with Crippen molar-refractivity contribution in [2.24, 2.45) is 0 Å². The van der Waals surface area contributed by atoms with Crippen LogP contribution in [0.5, 0.6) is 5.75 Å². The van der Waals surface area contributed by atoms with Gasteiger partial charge in [0, 0.05) is 0 Å². The lowest BCUT2D eigenvalue weighted by Gasteiger charge is -2.21. The zero-order valence-corrected chi connectivity index (χ0v) is 14.0. The number of esters is 2. The van der Waals surface area contributed by atoms with E-state index in [4.69, 9.17) is 0 Å². The van der Waals surface area contributed by atoms with Crippen molar-refractivity contribution in [3.8, 4) is 5.75 Å². The summed E-state index contributed by atoms with van der Waals surface area (Å²) in [4.78, 5) is 26.3. The molecule has 0 spiro atoms. The molecule has 0 aromatic carbocycles. The summed E-state index contributed by atoms with van der Waals surface area (Å²) in [5.74, 6) is -5.40. The predicted molar refractivity (Wildman–Crippen MR) is 73.0 cm³/mol. The van der Waals surface area contributed by atoms with Crippen molar-refractivity contribution in [2.45, 2.75) is 25.7 Å². The molecule has 1 rings (SSSR count). The highest BCUT2D eigenvalue weighted by Gasteiger charge is 2.45. The predicted octanol–water partition coefficient (Wildman–Crippen LogP) is 3.94. The van der Waals surface area contributed by atoms with Gasteiger partial charge in [-0.3, -0.25) is 0 Å². The van der Waals surface area contributed by atoms with Crippen LogP contribution in [0.1, 0.15) is 45.5 Å². The number of carbonyl (C=O) groups excluding carboxylic acids is 2. The van der Waals surface area contributed by atoms with E-state index >= 15 is 0 Å². The molecule has 0 aliphatic heterocycles. The van der Waals surface area contributed by atoms with Gasteiger partial charge in [0.2, 0.25) is 0 Å². The zero-order valence-electron chi connectivity index (χ0n) is 14.0. The highest BCUT2D eigenvalue weighted by atomic mass is 19.4. The lowest BCUT2D eigenvalue weighted by molar-refractivity contribution is -0.154. The number of aromatic nitrogens is 1. The summed E-state index contributed by atoms with van der Waals surface area (Å²) < 4.78 is 116. The van der Waals surface area contributed by atoms with E-state index in [1.165, 1.54) is 0 Å². The Morgan fingerprint density at radius 1 is 1.04 bits per heavy atom. The maximum Gasteiger partial charge on any atom is 0.434 e. The van der Waals surface area contributed by atoms with Gasteiger partial charge in [-0.05, 0) is 6.92 Å². The van der Waals surface area contributed by atoms with E-state index in [9.17, 15) is 44.7 Å². The Morgan fingerprint density at radius 3 is 2.00 bits per heavy atom. The van der Waals surface area contributed by atoms with Crippen LogP contribution in [-0.2, 0) is 15.7 Å². The summed E-state index contributed by atoms with van der Waals surface area (Å²) in [5.41, 5.74) is -7.49. The third-order valence-corrected chi connectivity index (χ3v) is 2.90. The summed E-state index contributed by atoms with van der Waals surface area (Å²) in [6, 6.07) is 0. The number of hydrogen-bond acceptors (Lipinski definition) is 6. The molecule has 1 heterocycles. The van der Waals surface area contributed by atoms with Crippen LogP contribution in [0.4, 0.5) is 35.1 Å². The highest BCUT2D eigenvalue weighted by Crippen LogP contribution is 2.41. The van der Waals surface area contributed by atoms with Gasteiger partial charge in [-0.15, -0.1) is 0 Å². The maximum absolute atomic E-state index is 13.3. The van der Waals surface area contributed by atoms with Gasteiger partial charge in [-0.25, -0.2) is 23.4 Å². The van der Waals surface area contributed by atoms with Crippen molar-refractivity contribution in [1.82, 2.24) is 4.98 Å². The summed E-state index contributed by atoms with van der Waals surface area (Å²) in [7, 11) is 0.618. The normalized spacial score (nSPS) is 12.1. The fourth-order valence-electron chi connectivity index (χ4n) is 1.93. The standard InChI is InChI=1S/C14H11F8NO5/c1-3-27-12(25)6-8(28-4-13(17,18)19)5(11(24)26-2)7(10(15)16)23-9(6)14(20,21)22/h10H,3-4H2,1-2H3. The van der Waals surface area contributed by atoms with Crippen molar-refractivity contribution in [1.29, 1.82) is 0 Å². The number of hydrogen-bond donors (Lipinski definition) is 0. The van der Waals surface area contributed by atoms with Crippen molar-refractivity contribution >= 4 is 11.9 Å². The molecule has 14 heteroatoms. The molecule has 0 saturated heterocycles. The second-order valence-electron chi connectivity index (χ2n) is 4.84. The first-order chi connectivity index (χ1) is 12.7. The van der Waals surface area contributed by atoms with Gasteiger partial charge in [-0.2, -0.15) is 26.3 Å². The van der Waals surface area contributed by atoms with Crippen LogP contribution in [0.15, 0.2) is 0 Å². The second kappa shape index (κ2) is 8.56. The number of pyridine rings is 1. The van der Waals surface area contributed by atoms with Crippen molar-refractivity contribution in [3.63, 3.8) is 0 Å². The number of alkyl halides is 8. The van der Waals surface area contributed by atoms with Gasteiger partial charge in [-0.1, -0.05) is 0 Å². The number of methoxy groups -OCH3 is 1. The first kappa shape index (κ1) is 23.4. The molecular formula is C14H11F8NO5. The molecule has 0 amide bonds. The Labute approximate surface area is 151 Å². The van der Waals surface area contributed by atoms with E-state index in [1.54, 1.807) is 0 Å². The van der Waals surface area contributed by atoms with Gasteiger partial charge in [0.25, 0.3) is 6.43 Å². The molecule has 1 aromatic heterocycles. The molecule has 0 radical (unpaired) electrons. The minimum atomic E-state index is -5.57. The van der Waals surface area contributed by atoms with Gasteiger partial charge in [0.05, 0.1) is 13.7 Å². The molecule has 28 heavy (non-hydrogen) atoms. The number of ether oxygens (including phenoxy) is 3. The molecule has 0 aliphatic carbocycles. The fourth-order valence-corrected chi connectivity index (χ4v) is 1.93. The Balaban J connectivity index is 3.99. The molecule has 1 aromatic rings. The fraction of sp³-hybridized carbons (Fsp3) is 0.500. The molecule has 0 atom stereocenters. The van der Waals surface area contributed by atoms with Crippen LogP contribution in [0.25, 0.3) is 0 Å². The number of halogens is 8. The largest absolute Gasteiger partial charge is 0.482 e. The molecule has 0 N–H and O–H groups in total. The van der Waals surface area contributed by atoms with E-state index in [-0.39, 0.29) is 0 Å². The van der Waals surface area contributed by atoms with Crippen LogP contribution in [0.3, 0.4) is 0 Å². The smallest absolute Gasteiger partial charge is 0.434 e. The average Bonchev–Trinajstić information content (AvgIpc) is 2.56. The Hall–Kier alpha value is -2.67. The second-order valence-corrected chi connectivity index (χ2v) is 4.84. The third kappa shape index (κ3) is 5.42. The maximum atomic E-state index is 13.3. The minimum Gasteiger partial charge on any atom is -0.482 e. The van der Waals surface area contributed by atoms with E-state index < -0.39 is 72.2 Å². The quantitative estimate of drug-likeness (QED) is 0.508. The Morgan fingerprint density at radius 2 is 1.61 bits per heavy atom. The Kier molecular flexibility index (Phi) is 7.15. The van der Waals surface area contributed by atoms with E-state index in [0.717, 1.165) is 6.92 Å². The summed E-state index contributed by atoms with van der Waals surface area (Å²) in [5, 5.41) is 0. The Bertz CT molecular complexity index is 745. The van der Waals surface area contributed by atoms with Gasteiger partial charge in [0.1, 0.15) is 16.8 Å². The van der Waals surface area contributed by atoms with Crippen molar-refractivity contribution in [3.05, 3.63) is 22.5 Å². The molecule has 0 fully saturated rings.